The van der Waals surface area contributed by atoms with Crippen LogP contribution in [0.1, 0.15) is 22.3 Å². The number of nitrogens with two attached hydrogens (primary N) is 1. The zero-order valence-electron chi connectivity index (χ0n) is 23.8. The second-order valence-corrected chi connectivity index (χ2v) is 11.2. The van der Waals surface area contributed by atoms with Gasteiger partial charge in [0.15, 0.2) is 46.2 Å². The van der Waals surface area contributed by atoms with Crippen LogP contribution in [0.3, 0.4) is 0 Å². The number of phenols is 1. The van der Waals surface area contributed by atoms with Gasteiger partial charge in [-0.3, -0.25) is 28.9 Å². The number of carbonyl (C=O) groups excluding carboxylic acids is 5. The van der Waals surface area contributed by atoms with Gasteiger partial charge in [0.1, 0.15) is 5.75 Å². The van der Waals surface area contributed by atoms with Crippen LogP contribution in [0.25, 0.3) is 11.1 Å². The van der Waals surface area contributed by atoms with Crippen molar-refractivity contribution in [2.45, 2.75) is 24.5 Å². The standard InChI is InChI=1S/C30H32N2O10/c1-32(2)22-16-11-12-10-15-13(14-7-9-18(40-3)26(42-5)25(14)41-4)6-8-17(33)20(15)23(34)19(12)27(36)30(16,39)28(37)21(24(22)35)29(31)38/h6-9,12,16,19,21-22,33,39H,10-11H2,1-5H3,(H2,31,38)/t12-,16-,19?,21?,22?,30-/m1/s1. The molecule has 0 heterocycles. The molecule has 3 unspecified atom stereocenters. The Balaban J connectivity index is 1.68. The number of carbonyl (C=O) groups is 5. The summed E-state index contributed by atoms with van der Waals surface area (Å²) in [4.78, 5) is 68.3. The Bertz CT molecular complexity index is 1550. The van der Waals surface area contributed by atoms with E-state index in [2.05, 4.69) is 0 Å². The Morgan fingerprint density at radius 3 is 2.17 bits per heavy atom. The van der Waals surface area contributed by atoms with E-state index in [-0.39, 0.29) is 24.2 Å². The molecule has 0 saturated heterocycles. The van der Waals surface area contributed by atoms with E-state index >= 15 is 0 Å². The molecule has 0 bridgehead atoms. The summed E-state index contributed by atoms with van der Waals surface area (Å²) in [6.07, 6.45) is 0.0507. The van der Waals surface area contributed by atoms with Crippen LogP contribution >= 0.6 is 0 Å². The number of nitrogens with zero attached hydrogens (tertiary/aromatic N) is 1. The summed E-state index contributed by atoms with van der Waals surface area (Å²) < 4.78 is 16.6. The van der Waals surface area contributed by atoms with Crippen LogP contribution < -0.4 is 19.9 Å². The molecule has 0 aromatic heterocycles. The van der Waals surface area contributed by atoms with Crippen molar-refractivity contribution in [3.05, 3.63) is 35.4 Å². The fourth-order valence-corrected chi connectivity index (χ4v) is 7.17. The summed E-state index contributed by atoms with van der Waals surface area (Å²) in [5.74, 6) is -10.0. The van der Waals surface area contributed by atoms with Crippen LogP contribution in [0.4, 0.5) is 0 Å². The van der Waals surface area contributed by atoms with E-state index < -0.39 is 64.4 Å². The summed E-state index contributed by atoms with van der Waals surface area (Å²) in [5.41, 5.74) is 3.98. The number of hydrogen-bond donors (Lipinski definition) is 3. The molecular weight excluding hydrogens is 548 g/mol. The van der Waals surface area contributed by atoms with Crippen molar-refractivity contribution >= 4 is 29.0 Å². The maximum atomic E-state index is 14.0. The smallest absolute Gasteiger partial charge is 0.235 e. The normalized spacial score (nSPS) is 28.6. The number of ketones is 4. The molecule has 2 fully saturated rings. The van der Waals surface area contributed by atoms with E-state index in [0.29, 0.717) is 33.9 Å². The van der Waals surface area contributed by atoms with Gasteiger partial charge in [0, 0.05) is 11.5 Å². The predicted molar refractivity (Wildman–Crippen MR) is 146 cm³/mol. The van der Waals surface area contributed by atoms with Gasteiger partial charge in [-0.25, -0.2) is 0 Å². The van der Waals surface area contributed by atoms with Crippen molar-refractivity contribution < 1.29 is 48.4 Å². The largest absolute Gasteiger partial charge is 0.507 e. The number of fused-ring (bicyclic) bond motifs is 3. The molecule has 222 valence electrons. The molecule has 2 aromatic carbocycles. The number of phenolic OH excluding ortho intramolecular Hbond substituents is 1. The average Bonchev–Trinajstić information content (AvgIpc) is 2.93. The van der Waals surface area contributed by atoms with Crippen molar-refractivity contribution in [1.29, 1.82) is 0 Å². The van der Waals surface area contributed by atoms with E-state index in [9.17, 15) is 34.2 Å². The molecule has 5 rings (SSSR count). The van der Waals surface area contributed by atoms with Crippen LogP contribution in [-0.2, 0) is 25.6 Å². The number of rotatable bonds is 6. The molecule has 0 aliphatic heterocycles. The second-order valence-electron chi connectivity index (χ2n) is 11.2. The molecular formula is C30H32N2O10. The van der Waals surface area contributed by atoms with Crippen LogP contribution in [0.5, 0.6) is 23.0 Å². The van der Waals surface area contributed by atoms with Crippen molar-refractivity contribution in [3.63, 3.8) is 0 Å². The first-order chi connectivity index (χ1) is 19.8. The minimum absolute atomic E-state index is 0.0535. The molecule has 2 aromatic rings. The summed E-state index contributed by atoms with van der Waals surface area (Å²) >= 11 is 0. The van der Waals surface area contributed by atoms with Crippen molar-refractivity contribution in [2.24, 2.45) is 29.4 Å². The number of primary amides is 1. The minimum atomic E-state index is -2.78. The number of aliphatic hydroxyl groups is 1. The van der Waals surface area contributed by atoms with Gasteiger partial charge < -0.3 is 30.2 Å². The molecule has 2 saturated carbocycles. The fourth-order valence-electron chi connectivity index (χ4n) is 7.17. The van der Waals surface area contributed by atoms with Gasteiger partial charge in [0.25, 0.3) is 0 Å². The molecule has 12 heteroatoms. The third-order valence-corrected chi connectivity index (χ3v) is 8.94. The van der Waals surface area contributed by atoms with Gasteiger partial charge in [-0.2, -0.15) is 0 Å². The number of likely N-dealkylation sites (N-methyl/N-ethyl adjacent to an activating group) is 1. The van der Waals surface area contributed by atoms with E-state index in [1.54, 1.807) is 18.2 Å². The van der Waals surface area contributed by atoms with E-state index in [4.69, 9.17) is 19.9 Å². The number of ether oxygens (including phenoxy) is 3. The first-order valence-electron chi connectivity index (χ1n) is 13.3. The van der Waals surface area contributed by atoms with Gasteiger partial charge in [-0.15, -0.1) is 0 Å². The molecule has 3 aliphatic rings. The second kappa shape index (κ2) is 10.2. The van der Waals surface area contributed by atoms with Gasteiger partial charge >= 0.3 is 0 Å². The molecule has 3 aliphatic carbocycles. The predicted octanol–water partition coefficient (Wildman–Crippen LogP) is 0.560. The average molecular weight is 581 g/mol. The number of aromatic hydroxyl groups is 1. The Kier molecular flexibility index (Phi) is 7.10. The topological polar surface area (TPSA) is 183 Å². The summed E-state index contributed by atoms with van der Waals surface area (Å²) in [6, 6.07) is 5.16. The third-order valence-electron chi connectivity index (χ3n) is 8.94. The van der Waals surface area contributed by atoms with Crippen molar-refractivity contribution in [3.8, 4) is 34.1 Å². The highest BCUT2D eigenvalue weighted by molar-refractivity contribution is 6.32. The molecule has 6 atom stereocenters. The molecule has 12 nitrogen and oxygen atoms in total. The summed E-state index contributed by atoms with van der Waals surface area (Å²) in [5, 5.41) is 22.6. The van der Waals surface area contributed by atoms with Crippen LogP contribution in [0.15, 0.2) is 24.3 Å². The molecule has 0 spiro atoms. The lowest BCUT2D eigenvalue weighted by Crippen LogP contribution is -2.74. The van der Waals surface area contributed by atoms with E-state index in [0.717, 1.165) is 0 Å². The summed E-state index contributed by atoms with van der Waals surface area (Å²) in [6.45, 7) is 0. The lowest BCUT2D eigenvalue weighted by atomic mass is 9.52. The van der Waals surface area contributed by atoms with Crippen LogP contribution in [0.2, 0.25) is 0 Å². The van der Waals surface area contributed by atoms with Crippen molar-refractivity contribution in [1.82, 2.24) is 4.90 Å². The van der Waals surface area contributed by atoms with Crippen LogP contribution in [-0.4, -0.2) is 91.2 Å². The number of Topliss-reactive ketones (excluding diaryl/α,β-unsaturated/α-hetero) is 4. The number of benzene rings is 2. The van der Waals surface area contributed by atoms with Gasteiger partial charge in [0.05, 0.1) is 38.9 Å². The SMILES string of the molecule is COc1ccc(-c2ccc(O)c3c2C[C@@H]2C[C@@H]4C(N(C)C)C(=O)C(C(N)=O)C(=O)[C@]4(O)C(=O)C2C3=O)c(OC)c1OC. The Hall–Kier alpha value is -4.29. The maximum absolute atomic E-state index is 14.0. The Morgan fingerprint density at radius 1 is 0.952 bits per heavy atom. The molecule has 4 N–H and O–H groups in total. The van der Waals surface area contributed by atoms with Gasteiger partial charge in [0.2, 0.25) is 11.7 Å². The lowest BCUT2D eigenvalue weighted by molar-refractivity contribution is -0.181. The zero-order valence-corrected chi connectivity index (χ0v) is 23.8. The quantitative estimate of drug-likeness (QED) is 0.406. The Morgan fingerprint density at radius 2 is 1.60 bits per heavy atom. The highest BCUT2D eigenvalue weighted by Gasteiger charge is 2.69. The monoisotopic (exact) mass is 580 g/mol. The first kappa shape index (κ1) is 29.2. The minimum Gasteiger partial charge on any atom is -0.507 e. The zero-order chi connectivity index (χ0) is 30.8. The lowest BCUT2D eigenvalue weighted by Gasteiger charge is -2.52. The molecule has 0 radical (unpaired) electrons. The van der Waals surface area contributed by atoms with Crippen LogP contribution in [0, 0.1) is 23.7 Å². The first-order valence-corrected chi connectivity index (χ1v) is 13.3. The Labute approximate surface area is 241 Å². The van der Waals surface area contributed by atoms with Gasteiger partial charge in [-0.1, -0.05) is 6.07 Å². The highest BCUT2D eigenvalue weighted by atomic mass is 16.5. The number of hydrogen-bond acceptors (Lipinski definition) is 11. The number of methoxy groups -OCH3 is 3. The van der Waals surface area contributed by atoms with Gasteiger partial charge in [-0.05, 0) is 62.2 Å². The van der Waals surface area contributed by atoms with E-state index in [1.165, 1.54) is 46.4 Å². The third kappa shape index (κ3) is 3.85. The molecule has 42 heavy (non-hydrogen) atoms. The van der Waals surface area contributed by atoms with E-state index in [1.807, 2.05) is 0 Å². The molecule has 1 amide bonds. The summed E-state index contributed by atoms with van der Waals surface area (Å²) in [7, 11) is 7.46. The number of amides is 1. The maximum Gasteiger partial charge on any atom is 0.235 e. The fraction of sp³-hybridized carbons (Fsp3) is 0.433. The van der Waals surface area contributed by atoms with Crippen molar-refractivity contribution in [2.75, 3.05) is 35.4 Å². The highest BCUT2D eigenvalue weighted by Crippen LogP contribution is 2.53.